The molecule has 1 aliphatic heterocycles. The van der Waals surface area contributed by atoms with Gasteiger partial charge in [0.2, 0.25) is 0 Å². The van der Waals surface area contributed by atoms with Crippen LogP contribution in [0.2, 0.25) is 0 Å². The molecule has 0 bridgehead atoms. The van der Waals surface area contributed by atoms with E-state index in [1.54, 1.807) is 0 Å². The SMILES string of the molecule is C1=C(C2=NOC(CSc3ccccc3)C2)CCCCC1. The van der Waals surface area contributed by atoms with Crippen LogP contribution < -0.4 is 0 Å². The van der Waals surface area contributed by atoms with Gasteiger partial charge in [-0.2, -0.15) is 0 Å². The zero-order valence-corrected chi connectivity index (χ0v) is 12.6. The van der Waals surface area contributed by atoms with E-state index in [2.05, 4.69) is 41.6 Å². The van der Waals surface area contributed by atoms with E-state index in [0.717, 1.165) is 12.2 Å². The summed E-state index contributed by atoms with van der Waals surface area (Å²) in [6.07, 6.45) is 9.95. The van der Waals surface area contributed by atoms with Gasteiger partial charge in [-0.15, -0.1) is 11.8 Å². The average molecular weight is 287 g/mol. The van der Waals surface area contributed by atoms with E-state index in [4.69, 9.17) is 4.84 Å². The maximum atomic E-state index is 5.61. The Balaban J connectivity index is 1.50. The standard InChI is InChI=1S/C17H21NOS/c1-2-5-9-14(8-4-1)17-12-15(19-18-17)13-20-16-10-6-3-7-11-16/h3,6-8,10-11,15H,1-2,4-5,9,12-13H2. The second-order valence-corrected chi connectivity index (χ2v) is 6.52. The Bertz CT molecular complexity index is 495. The Morgan fingerprint density at radius 1 is 1.15 bits per heavy atom. The van der Waals surface area contributed by atoms with Gasteiger partial charge in [0.1, 0.15) is 6.10 Å². The van der Waals surface area contributed by atoms with Crippen molar-refractivity contribution in [2.75, 3.05) is 5.75 Å². The van der Waals surface area contributed by atoms with E-state index >= 15 is 0 Å². The number of hydrogen-bond acceptors (Lipinski definition) is 3. The van der Waals surface area contributed by atoms with Gasteiger partial charge < -0.3 is 4.84 Å². The molecule has 0 aromatic heterocycles. The van der Waals surface area contributed by atoms with Gasteiger partial charge in [-0.05, 0) is 43.4 Å². The van der Waals surface area contributed by atoms with Gasteiger partial charge in [-0.3, -0.25) is 0 Å². The van der Waals surface area contributed by atoms with E-state index in [9.17, 15) is 0 Å². The summed E-state index contributed by atoms with van der Waals surface area (Å²) in [7, 11) is 0. The van der Waals surface area contributed by atoms with Crippen molar-refractivity contribution < 1.29 is 4.84 Å². The molecule has 1 heterocycles. The molecule has 2 aliphatic rings. The van der Waals surface area contributed by atoms with Crippen molar-refractivity contribution in [3.8, 4) is 0 Å². The fourth-order valence-electron chi connectivity index (χ4n) is 2.69. The molecular formula is C17H21NOS. The smallest absolute Gasteiger partial charge is 0.142 e. The molecule has 1 aromatic carbocycles. The van der Waals surface area contributed by atoms with E-state index in [1.165, 1.54) is 48.3 Å². The second-order valence-electron chi connectivity index (χ2n) is 5.42. The third kappa shape index (κ3) is 3.66. The third-order valence-corrected chi connectivity index (χ3v) is 4.97. The highest BCUT2D eigenvalue weighted by atomic mass is 32.2. The second kappa shape index (κ2) is 6.98. The summed E-state index contributed by atoms with van der Waals surface area (Å²) in [5.74, 6) is 0.976. The molecular weight excluding hydrogens is 266 g/mol. The predicted octanol–water partition coefficient (Wildman–Crippen LogP) is 4.81. The lowest BCUT2D eigenvalue weighted by Crippen LogP contribution is -2.11. The van der Waals surface area contributed by atoms with Gasteiger partial charge in [-0.1, -0.05) is 35.9 Å². The first-order chi connectivity index (χ1) is 9.92. The Kier molecular flexibility index (Phi) is 4.80. The summed E-state index contributed by atoms with van der Waals surface area (Å²) in [6, 6.07) is 10.5. The van der Waals surface area contributed by atoms with Gasteiger partial charge in [0.05, 0.1) is 5.71 Å². The Labute approximate surface area is 125 Å². The van der Waals surface area contributed by atoms with E-state index < -0.39 is 0 Å². The van der Waals surface area contributed by atoms with Crippen LogP contribution >= 0.6 is 11.8 Å². The van der Waals surface area contributed by atoms with Crippen molar-refractivity contribution in [2.45, 2.75) is 49.5 Å². The predicted molar refractivity (Wildman–Crippen MR) is 85.3 cm³/mol. The highest BCUT2D eigenvalue weighted by Gasteiger charge is 2.23. The lowest BCUT2D eigenvalue weighted by atomic mass is 10.0. The number of rotatable bonds is 4. The van der Waals surface area contributed by atoms with Crippen LogP contribution in [-0.4, -0.2) is 17.6 Å². The van der Waals surface area contributed by atoms with Crippen LogP contribution in [0.1, 0.15) is 38.5 Å². The fraction of sp³-hybridized carbons (Fsp3) is 0.471. The lowest BCUT2D eigenvalue weighted by Gasteiger charge is -2.08. The van der Waals surface area contributed by atoms with Crippen molar-refractivity contribution >= 4 is 17.5 Å². The minimum absolute atomic E-state index is 0.236. The van der Waals surface area contributed by atoms with E-state index in [-0.39, 0.29) is 6.10 Å². The Morgan fingerprint density at radius 3 is 2.95 bits per heavy atom. The first kappa shape index (κ1) is 13.7. The molecule has 0 saturated heterocycles. The van der Waals surface area contributed by atoms with Crippen LogP contribution in [0.15, 0.2) is 52.0 Å². The van der Waals surface area contributed by atoms with Gasteiger partial charge in [0.25, 0.3) is 0 Å². The third-order valence-electron chi connectivity index (χ3n) is 3.82. The molecule has 1 unspecified atom stereocenters. The van der Waals surface area contributed by atoms with Gasteiger partial charge >= 0.3 is 0 Å². The minimum atomic E-state index is 0.236. The summed E-state index contributed by atoms with van der Waals surface area (Å²) in [5.41, 5.74) is 2.64. The molecule has 0 fully saturated rings. The van der Waals surface area contributed by atoms with Crippen molar-refractivity contribution in [2.24, 2.45) is 5.16 Å². The molecule has 3 heteroatoms. The summed E-state index contributed by atoms with van der Waals surface area (Å²) in [4.78, 5) is 6.91. The largest absolute Gasteiger partial charge is 0.391 e. The molecule has 1 aromatic rings. The molecule has 20 heavy (non-hydrogen) atoms. The molecule has 0 N–H and O–H groups in total. The quantitative estimate of drug-likeness (QED) is 0.741. The summed E-state index contributed by atoms with van der Waals surface area (Å²) in [6.45, 7) is 0. The zero-order valence-electron chi connectivity index (χ0n) is 11.8. The first-order valence-corrected chi connectivity index (χ1v) is 8.50. The van der Waals surface area contributed by atoms with Crippen molar-refractivity contribution in [3.05, 3.63) is 42.0 Å². The topological polar surface area (TPSA) is 21.6 Å². The fourth-order valence-corrected chi connectivity index (χ4v) is 3.60. The minimum Gasteiger partial charge on any atom is -0.391 e. The molecule has 1 atom stereocenters. The van der Waals surface area contributed by atoms with Gasteiger partial charge in [-0.25, -0.2) is 0 Å². The maximum absolute atomic E-state index is 5.61. The number of benzene rings is 1. The number of nitrogens with zero attached hydrogens (tertiary/aromatic N) is 1. The average Bonchev–Trinajstić information content (AvgIpc) is 2.80. The number of thioether (sulfide) groups is 1. The highest BCUT2D eigenvalue weighted by Crippen LogP contribution is 2.27. The summed E-state index contributed by atoms with van der Waals surface area (Å²) >= 11 is 1.85. The zero-order chi connectivity index (χ0) is 13.6. The maximum Gasteiger partial charge on any atom is 0.142 e. The summed E-state index contributed by atoms with van der Waals surface area (Å²) < 4.78 is 0. The monoisotopic (exact) mass is 287 g/mol. The van der Waals surface area contributed by atoms with E-state index in [1.807, 2.05) is 11.8 Å². The first-order valence-electron chi connectivity index (χ1n) is 7.52. The Hall–Kier alpha value is -1.22. The van der Waals surface area contributed by atoms with Crippen LogP contribution in [0.3, 0.4) is 0 Å². The van der Waals surface area contributed by atoms with Crippen molar-refractivity contribution in [1.82, 2.24) is 0 Å². The summed E-state index contributed by atoms with van der Waals surface area (Å²) in [5, 5.41) is 4.33. The molecule has 0 saturated carbocycles. The van der Waals surface area contributed by atoms with Gasteiger partial charge in [0.15, 0.2) is 0 Å². The molecule has 0 radical (unpaired) electrons. The lowest BCUT2D eigenvalue weighted by molar-refractivity contribution is 0.103. The number of allylic oxidation sites excluding steroid dienone is 2. The van der Waals surface area contributed by atoms with Crippen LogP contribution in [0, 0.1) is 0 Å². The molecule has 1 aliphatic carbocycles. The molecule has 106 valence electrons. The molecule has 3 rings (SSSR count). The normalized spacial score (nSPS) is 22.7. The molecule has 0 amide bonds. The van der Waals surface area contributed by atoms with Crippen LogP contribution in [0.4, 0.5) is 0 Å². The number of oxime groups is 1. The van der Waals surface area contributed by atoms with Crippen molar-refractivity contribution in [3.63, 3.8) is 0 Å². The van der Waals surface area contributed by atoms with Crippen LogP contribution in [0.5, 0.6) is 0 Å². The Morgan fingerprint density at radius 2 is 2.05 bits per heavy atom. The molecule has 0 spiro atoms. The van der Waals surface area contributed by atoms with Crippen LogP contribution in [0.25, 0.3) is 0 Å². The highest BCUT2D eigenvalue weighted by molar-refractivity contribution is 7.99. The van der Waals surface area contributed by atoms with Crippen molar-refractivity contribution in [1.29, 1.82) is 0 Å². The molecule has 2 nitrogen and oxygen atoms in total. The number of hydrogen-bond donors (Lipinski definition) is 0. The van der Waals surface area contributed by atoms with Crippen LogP contribution in [-0.2, 0) is 4.84 Å². The van der Waals surface area contributed by atoms with E-state index in [0.29, 0.717) is 0 Å². The van der Waals surface area contributed by atoms with Gasteiger partial charge in [0, 0.05) is 17.1 Å².